The number of nitrogens with one attached hydrogen (secondary N) is 1. The third-order valence-electron chi connectivity index (χ3n) is 13.3. The van der Waals surface area contributed by atoms with Crippen molar-refractivity contribution in [2.24, 2.45) is 29.2 Å². The molecule has 3 amide bonds. The monoisotopic (exact) mass is 861 g/mol. The van der Waals surface area contributed by atoms with Gasteiger partial charge in [-0.25, -0.2) is 4.21 Å². The van der Waals surface area contributed by atoms with Gasteiger partial charge in [-0.05, 0) is 105 Å². The summed E-state index contributed by atoms with van der Waals surface area (Å²) in [5.74, 6) is -1.60. The molecule has 5 aliphatic rings. The van der Waals surface area contributed by atoms with Crippen LogP contribution in [0.2, 0.25) is 5.02 Å². The topological polar surface area (TPSA) is 159 Å². The number of carbonyl (C=O) groups excluding carboxylic acids is 3. The number of aromatic nitrogens is 2. The maximum absolute atomic E-state index is 14.8. The summed E-state index contributed by atoms with van der Waals surface area (Å²) in [6.07, 6.45) is 9.76. The van der Waals surface area contributed by atoms with Gasteiger partial charge in [0.05, 0.1) is 37.2 Å². The van der Waals surface area contributed by atoms with Gasteiger partial charge in [0.2, 0.25) is 11.8 Å². The van der Waals surface area contributed by atoms with E-state index in [0.29, 0.717) is 55.7 Å². The standard InChI is InChI=1S/C44H56ClN7O7S/c1-29-7-5-16-44(56,23-39(53)51-19-17-49(2)18-20-51)36-12-9-32(36)24-52-27-43(15-6-8-30-21-33(45)11-13-35(30)43)28-59-38-14-10-31(22-37(38)52)40(54)47-60(57,26-29)48-41(55)34-25-50(3)46-42(34)58-4/h5,10-11,13-14,16,21-22,25,29,32,36,56H,6-9,12,15,17-20,23-24,26-28H2,1-4H3,(H,47,48,54,55,57)/b16-5+/t29-,32-,36+,43-,44+,60?/m0/s1. The minimum absolute atomic E-state index is 0.0315. The van der Waals surface area contributed by atoms with Crippen LogP contribution in [0.5, 0.6) is 11.6 Å². The van der Waals surface area contributed by atoms with E-state index in [-0.39, 0.29) is 58.3 Å². The number of nitrogens with zero attached hydrogens (tertiary/aromatic N) is 6. The Balaban J connectivity index is 1.21. The Labute approximate surface area is 357 Å². The van der Waals surface area contributed by atoms with Crippen molar-refractivity contribution in [3.05, 3.63) is 82.0 Å². The molecule has 2 fully saturated rings. The molecule has 60 heavy (non-hydrogen) atoms. The van der Waals surface area contributed by atoms with Gasteiger partial charge in [-0.2, -0.15) is 0 Å². The highest BCUT2D eigenvalue weighted by Crippen LogP contribution is 2.49. The highest BCUT2D eigenvalue weighted by Gasteiger charge is 2.49. The summed E-state index contributed by atoms with van der Waals surface area (Å²) in [5.41, 5.74) is 1.52. The zero-order valence-corrected chi connectivity index (χ0v) is 36.5. The third kappa shape index (κ3) is 8.55. The van der Waals surface area contributed by atoms with Crippen molar-refractivity contribution >= 4 is 44.9 Å². The molecular formula is C44H56ClN7O7S. The quantitative estimate of drug-likeness (QED) is 0.334. The number of anilines is 1. The van der Waals surface area contributed by atoms with E-state index < -0.39 is 27.3 Å². The number of benzene rings is 2. The number of fused-ring (bicyclic) bond motifs is 4. The number of ether oxygens (including phenoxy) is 2. The number of piperazine rings is 1. The maximum atomic E-state index is 14.8. The molecule has 0 radical (unpaired) electrons. The fourth-order valence-electron chi connectivity index (χ4n) is 9.92. The van der Waals surface area contributed by atoms with Crippen molar-refractivity contribution in [1.29, 1.82) is 0 Å². The van der Waals surface area contributed by atoms with Crippen LogP contribution in [-0.4, -0.2) is 118 Å². The molecule has 3 aliphatic heterocycles. The second kappa shape index (κ2) is 16.8. The molecule has 322 valence electrons. The van der Waals surface area contributed by atoms with E-state index >= 15 is 0 Å². The van der Waals surface area contributed by atoms with Crippen molar-refractivity contribution in [3.8, 4) is 11.6 Å². The van der Waals surface area contributed by atoms with Crippen LogP contribution in [0.25, 0.3) is 0 Å². The lowest BCUT2D eigenvalue weighted by Crippen LogP contribution is -2.55. The molecular weight excluding hydrogens is 806 g/mol. The van der Waals surface area contributed by atoms with Crippen molar-refractivity contribution in [1.82, 2.24) is 24.3 Å². The molecule has 6 atom stereocenters. The van der Waals surface area contributed by atoms with Gasteiger partial charge in [-0.3, -0.25) is 23.8 Å². The van der Waals surface area contributed by atoms with Gasteiger partial charge in [-0.15, -0.1) is 9.46 Å². The average molecular weight is 862 g/mol. The van der Waals surface area contributed by atoms with Crippen molar-refractivity contribution in [2.75, 3.05) is 70.7 Å². The molecule has 1 spiro atoms. The number of hydrogen-bond donors (Lipinski definition) is 2. The van der Waals surface area contributed by atoms with Crippen LogP contribution in [0.1, 0.15) is 77.3 Å². The lowest BCUT2D eigenvalue weighted by Gasteiger charge is -2.49. The van der Waals surface area contributed by atoms with Gasteiger partial charge in [0, 0.05) is 68.5 Å². The second-order valence-corrected chi connectivity index (χ2v) is 20.1. The van der Waals surface area contributed by atoms with Crippen LogP contribution < -0.4 is 19.1 Å². The van der Waals surface area contributed by atoms with Crippen LogP contribution in [-0.2, 0) is 33.6 Å². The van der Waals surface area contributed by atoms with Gasteiger partial charge in [0.25, 0.3) is 11.8 Å². The number of carbonyl (C=O) groups is 3. The van der Waals surface area contributed by atoms with Crippen LogP contribution in [0.15, 0.2) is 59.1 Å². The van der Waals surface area contributed by atoms with E-state index in [1.165, 1.54) is 29.1 Å². The van der Waals surface area contributed by atoms with E-state index in [2.05, 4.69) is 36.1 Å². The lowest BCUT2D eigenvalue weighted by molar-refractivity contribution is -0.141. The third-order valence-corrected chi connectivity index (χ3v) is 15.5. The predicted molar refractivity (Wildman–Crippen MR) is 230 cm³/mol. The molecule has 2 aliphatic carbocycles. The molecule has 2 aromatic carbocycles. The first kappa shape index (κ1) is 42.3. The van der Waals surface area contributed by atoms with Crippen LogP contribution in [0, 0.1) is 17.8 Å². The fourth-order valence-corrected chi connectivity index (χ4v) is 12.0. The van der Waals surface area contributed by atoms with E-state index in [1.54, 1.807) is 31.3 Å². The number of aliphatic hydroxyl groups is 1. The zero-order valence-electron chi connectivity index (χ0n) is 34.9. The normalized spacial score (nSPS) is 30.2. The van der Waals surface area contributed by atoms with E-state index in [4.69, 9.17) is 21.1 Å². The van der Waals surface area contributed by atoms with E-state index in [9.17, 15) is 23.7 Å². The molecule has 1 aromatic heterocycles. The molecule has 3 aromatic rings. The zero-order chi connectivity index (χ0) is 42.4. The highest BCUT2D eigenvalue weighted by atomic mass is 35.5. The Bertz CT molecular complexity index is 2320. The van der Waals surface area contributed by atoms with Crippen LogP contribution in [0.4, 0.5) is 5.69 Å². The molecule has 2 bridgehead atoms. The lowest BCUT2D eigenvalue weighted by atomic mass is 9.63. The minimum Gasteiger partial charge on any atom is -0.490 e. The molecule has 1 unspecified atom stereocenters. The Morgan fingerprint density at radius 1 is 1.12 bits per heavy atom. The van der Waals surface area contributed by atoms with E-state index in [0.717, 1.165) is 45.2 Å². The molecule has 8 rings (SSSR count). The summed E-state index contributed by atoms with van der Waals surface area (Å²) in [4.78, 5) is 48.2. The fraction of sp³-hybridized carbons (Fsp3) is 0.545. The van der Waals surface area contributed by atoms with Gasteiger partial charge < -0.3 is 29.3 Å². The smallest absolute Gasteiger partial charge is 0.286 e. The Morgan fingerprint density at radius 3 is 2.67 bits per heavy atom. The van der Waals surface area contributed by atoms with Crippen molar-refractivity contribution in [2.45, 2.75) is 62.9 Å². The van der Waals surface area contributed by atoms with Crippen LogP contribution >= 0.6 is 11.6 Å². The van der Waals surface area contributed by atoms with Crippen molar-refractivity contribution in [3.63, 3.8) is 0 Å². The van der Waals surface area contributed by atoms with Gasteiger partial charge in [0.1, 0.15) is 21.2 Å². The SMILES string of the molecule is COc1nn(C)cc1C(=O)NS1(=O)=NC(=O)c2ccc3c(c2)N(C[C@@H]2CC[C@H]2[C@](O)(CC(=O)N2CCN(C)CC2)/C=C/C[C@H](C)C1)C[C@@]1(CCCc2cc(Cl)ccc21)CO3. The molecule has 2 N–H and O–H groups in total. The summed E-state index contributed by atoms with van der Waals surface area (Å²) >= 11 is 6.50. The maximum Gasteiger partial charge on any atom is 0.286 e. The molecule has 4 heterocycles. The number of halogens is 1. The average Bonchev–Trinajstić information content (AvgIpc) is 3.51. The summed E-state index contributed by atoms with van der Waals surface area (Å²) in [5, 5.41) is 17.6. The largest absolute Gasteiger partial charge is 0.490 e. The summed E-state index contributed by atoms with van der Waals surface area (Å²) in [6.45, 7) is 6.16. The number of allylic oxidation sites excluding steroid dienone is 1. The number of aryl methyl sites for hydroxylation is 2. The number of methoxy groups -OCH3 is 1. The Hall–Kier alpha value is -4.44. The molecule has 1 saturated carbocycles. The number of amides is 3. The number of likely N-dealkylation sites (N-methyl/N-ethyl adjacent to an activating group) is 1. The summed E-state index contributed by atoms with van der Waals surface area (Å²) < 4.78 is 35.1. The van der Waals surface area contributed by atoms with Gasteiger partial charge >= 0.3 is 0 Å². The first-order valence-electron chi connectivity index (χ1n) is 21.0. The second-order valence-electron chi connectivity index (χ2n) is 17.7. The molecule has 1 saturated heterocycles. The number of rotatable bonds is 5. The first-order chi connectivity index (χ1) is 28.7. The van der Waals surface area contributed by atoms with Crippen molar-refractivity contribution < 1.29 is 33.2 Å². The highest BCUT2D eigenvalue weighted by molar-refractivity contribution is 7.92. The molecule has 16 heteroatoms. The Morgan fingerprint density at radius 2 is 1.92 bits per heavy atom. The first-order valence-corrected chi connectivity index (χ1v) is 23.1. The predicted octanol–water partition coefficient (Wildman–Crippen LogP) is 5.03. The summed E-state index contributed by atoms with van der Waals surface area (Å²) in [7, 11) is 1.33. The van der Waals surface area contributed by atoms with Crippen LogP contribution in [0.3, 0.4) is 0 Å². The summed E-state index contributed by atoms with van der Waals surface area (Å²) in [6, 6.07) is 11.3. The van der Waals surface area contributed by atoms with E-state index in [1.807, 2.05) is 31.0 Å². The van der Waals surface area contributed by atoms with Gasteiger partial charge in [-0.1, -0.05) is 36.7 Å². The number of hydrogen-bond acceptors (Lipinski definition) is 10. The Kier molecular flexibility index (Phi) is 11.8. The minimum atomic E-state index is -3.74. The molecule has 14 nitrogen and oxygen atoms in total. The van der Waals surface area contributed by atoms with Gasteiger partial charge in [0.15, 0.2) is 0 Å².